The molecule has 3 aliphatic rings. The van der Waals surface area contributed by atoms with E-state index in [4.69, 9.17) is 0 Å². The summed E-state index contributed by atoms with van der Waals surface area (Å²) in [5.74, 6) is 2.13. The molecule has 92 valence electrons. The normalized spacial score (nSPS) is 44.8. The minimum Gasteiger partial charge on any atom is -0.297 e. The minimum absolute atomic E-state index is 0.970. The Morgan fingerprint density at radius 2 is 1.31 bits per heavy atom. The average Bonchev–Trinajstić information content (AvgIpc) is 2.36. The van der Waals surface area contributed by atoms with E-state index in [9.17, 15) is 0 Å². The van der Waals surface area contributed by atoms with Gasteiger partial charge in [0.2, 0.25) is 0 Å². The van der Waals surface area contributed by atoms with Crippen LogP contribution in [0.25, 0.3) is 0 Å². The van der Waals surface area contributed by atoms with E-state index >= 15 is 0 Å². The zero-order chi connectivity index (χ0) is 11.0. The van der Waals surface area contributed by atoms with Gasteiger partial charge >= 0.3 is 0 Å². The third-order valence-electron chi connectivity index (χ3n) is 5.56. The second-order valence-electron chi connectivity index (χ2n) is 6.29. The second-order valence-corrected chi connectivity index (χ2v) is 6.29. The van der Waals surface area contributed by atoms with Crippen LogP contribution in [0.5, 0.6) is 0 Å². The molecule has 3 rings (SSSR count). The molecule has 0 aromatic rings. The highest BCUT2D eigenvalue weighted by atomic mass is 15.2. The lowest BCUT2D eigenvalue weighted by molar-refractivity contribution is -0.0351. The maximum absolute atomic E-state index is 2.91. The van der Waals surface area contributed by atoms with Gasteiger partial charge < -0.3 is 0 Å². The van der Waals surface area contributed by atoms with Crippen molar-refractivity contribution in [2.75, 3.05) is 6.54 Å². The second kappa shape index (κ2) is 4.68. The lowest BCUT2D eigenvalue weighted by Gasteiger charge is -2.53. The summed E-state index contributed by atoms with van der Waals surface area (Å²) in [6, 6.07) is 1.94. The number of nitrogens with zero attached hydrogens (tertiary/aromatic N) is 1. The molecule has 1 nitrogen and oxygen atoms in total. The van der Waals surface area contributed by atoms with Gasteiger partial charge in [0, 0.05) is 12.1 Å². The van der Waals surface area contributed by atoms with Gasteiger partial charge in [-0.1, -0.05) is 32.6 Å². The van der Waals surface area contributed by atoms with Crippen LogP contribution < -0.4 is 0 Å². The monoisotopic (exact) mass is 221 g/mol. The van der Waals surface area contributed by atoms with Gasteiger partial charge in [-0.2, -0.15) is 0 Å². The maximum Gasteiger partial charge on any atom is 0.0127 e. The van der Waals surface area contributed by atoms with Crippen molar-refractivity contribution in [1.29, 1.82) is 0 Å². The highest BCUT2D eigenvalue weighted by Gasteiger charge is 2.43. The molecule has 0 bridgehead atoms. The lowest BCUT2D eigenvalue weighted by Crippen LogP contribution is -2.56. The first kappa shape index (κ1) is 11.1. The van der Waals surface area contributed by atoms with Gasteiger partial charge in [-0.05, 0) is 50.5 Å². The molecule has 0 amide bonds. The molecule has 0 N–H and O–H groups in total. The van der Waals surface area contributed by atoms with Gasteiger partial charge in [0.15, 0.2) is 0 Å². The van der Waals surface area contributed by atoms with Gasteiger partial charge in [-0.3, -0.25) is 4.90 Å². The van der Waals surface area contributed by atoms with Gasteiger partial charge in [-0.25, -0.2) is 0 Å². The topological polar surface area (TPSA) is 3.24 Å². The van der Waals surface area contributed by atoms with E-state index in [0.29, 0.717) is 0 Å². The van der Waals surface area contributed by atoms with Crippen molar-refractivity contribution in [3.05, 3.63) is 0 Å². The van der Waals surface area contributed by atoms with Crippen molar-refractivity contribution in [1.82, 2.24) is 4.90 Å². The number of piperidine rings is 1. The number of hydrogen-bond acceptors (Lipinski definition) is 1. The molecule has 0 aromatic carbocycles. The summed E-state index contributed by atoms with van der Waals surface area (Å²) in [4.78, 5) is 2.91. The third kappa shape index (κ3) is 1.81. The fourth-order valence-corrected chi connectivity index (χ4v) is 4.90. The highest BCUT2D eigenvalue weighted by molar-refractivity contribution is 4.97. The summed E-state index contributed by atoms with van der Waals surface area (Å²) >= 11 is 0. The van der Waals surface area contributed by atoms with Crippen LogP contribution in [0, 0.1) is 11.8 Å². The van der Waals surface area contributed by atoms with Gasteiger partial charge in [-0.15, -0.1) is 0 Å². The van der Waals surface area contributed by atoms with Crippen molar-refractivity contribution in [3.63, 3.8) is 0 Å². The van der Waals surface area contributed by atoms with Crippen molar-refractivity contribution in [3.8, 4) is 0 Å². The smallest absolute Gasteiger partial charge is 0.0127 e. The summed E-state index contributed by atoms with van der Waals surface area (Å²) in [6.07, 6.45) is 13.7. The van der Waals surface area contributed by atoms with Crippen molar-refractivity contribution >= 4 is 0 Å². The van der Waals surface area contributed by atoms with Crippen molar-refractivity contribution < 1.29 is 0 Å². The molecule has 2 aliphatic carbocycles. The summed E-state index contributed by atoms with van der Waals surface area (Å²) in [5.41, 5.74) is 0. The molecule has 0 unspecified atom stereocenters. The van der Waals surface area contributed by atoms with Gasteiger partial charge in [0.05, 0.1) is 0 Å². The number of fused-ring (bicyclic) bond motifs is 2. The lowest BCUT2D eigenvalue weighted by atomic mass is 9.68. The molecule has 16 heavy (non-hydrogen) atoms. The van der Waals surface area contributed by atoms with Crippen LogP contribution in [0.4, 0.5) is 0 Å². The largest absolute Gasteiger partial charge is 0.297 e. The first-order valence-electron chi connectivity index (χ1n) is 7.66. The Hall–Kier alpha value is -0.0400. The molecule has 2 saturated carbocycles. The Labute approximate surface area is 101 Å². The summed E-state index contributed by atoms with van der Waals surface area (Å²) in [6.45, 7) is 3.70. The van der Waals surface area contributed by atoms with E-state index in [1.165, 1.54) is 57.9 Å². The van der Waals surface area contributed by atoms with E-state index < -0.39 is 0 Å². The molecule has 1 heterocycles. The Morgan fingerprint density at radius 3 is 1.81 bits per heavy atom. The molecule has 3 fully saturated rings. The average molecular weight is 221 g/mol. The number of likely N-dealkylation sites (tertiary alicyclic amines) is 1. The van der Waals surface area contributed by atoms with Crippen LogP contribution in [0.3, 0.4) is 0 Å². The van der Waals surface area contributed by atoms with Gasteiger partial charge in [0.1, 0.15) is 0 Å². The fourth-order valence-electron chi connectivity index (χ4n) is 4.90. The summed E-state index contributed by atoms with van der Waals surface area (Å²) in [7, 11) is 0. The molecule has 4 atom stereocenters. The van der Waals surface area contributed by atoms with Crippen LogP contribution in [0.1, 0.15) is 64.7 Å². The van der Waals surface area contributed by atoms with E-state index in [2.05, 4.69) is 11.8 Å². The maximum atomic E-state index is 2.91. The number of hydrogen-bond donors (Lipinski definition) is 0. The zero-order valence-electron chi connectivity index (χ0n) is 10.8. The molecule has 1 saturated heterocycles. The predicted molar refractivity (Wildman–Crippen MR) is 68.5 cm³/mol. The fraction of sp³-hybridized carbons (Fsp3) is 1.00. The van der Waals surface area contributed by atoms with Crippen LogP contribution in [-0.2, 0) is 0 Å². The van der Waals surface area contributed by atoms with Gasteiger partial charge in [0.25, 0.3) is 0 Å². The van der Waals surface area contributed by atoms with Crippen LogP contribution in [0.2, 0.25) is 0 Å². The van der Waals surface area contributed by atoms with E-state index in [0.717, 1.165) is 23.9 Å². The molecular weight excluding hydrogens is 194 g/mol. The highest BCUT2D eigenvalue weighted by Crippen LogP contribution is 2.44. The van der Waals surface area contributed by atoms with Crippen LogP contribution >= 0.6 is 0 Å². The Bertz CT molecular complexity index is 216. The summed E-state index contributed by atoms with van der Waals surface area (Å²) in [5, 5.41) is 0. The Kier molecular flexibility index (Phi) is 3.24. The third-order valence-corrected chi connectivity index (χ3v) is 5.56. The molecular formula is C15H27N. The van der Waals surface area contributed by atoms with Crippen molar-refractivity contribution in [2.45, 2.75) is 76.8 Å². The molecule has 0 spiro atoms. The van der Waals surface area contributed by atoms with E-state index in [1.807, 2.05) is 0 Å². The molecule has 0 aromatic heterocycles. The Morgan fingerprint density at radius 1 is 0.812 bits per heavy atom. The summed E-state index contributed by atoms with van der Waals surface area (Å²) < 4.78 is 0. The predicted octanol–water partition coefficient (Wildman–Crippen LogP) is 3.83. The Balaban J connectivity index is 1.78. The number of rotatable bonds is 1. The first-order valence-corrected chi connectivity index (χ1v) is 7.66. The van der Waals surface area contributed by atoms with Crippen molar-refractivity contribution in [2.24, 2.45) is 11.8 Å². The molecule has 1 heteroatoms. The van der Waals surface area contributed by atoms with E-state index in [-0.39, 0.29) is 0 Å². The van der Waals surface area contributed by atoms with Crippen LogP contribution in [-0.4, -0.2) is 23.5 Å². The minimum atomic E-state index is 0.970. The standard InChI is InChI=1S/C15H27N/c1-2-16-14-9-5-3-7-12(14)11-13-8-4-6-10-15(13)16/h12-15H,2-11H2,1H3/t12-,13-,14-,15+/m0/s1. The van der Waals surface area contributed by atoms with Crippen LogP contribution in [0.15, 0.2) is 0 Å². The molecule has 1 aliphatic heterocycles. The quantitative estimate of drug-likeness (QED) is 0.650. The SMILES string of the molecule is CCN1[C@@H]2CCCC[C@H]2C[C@@H]2CCCC[C@@H]21. The van der Waals surface area contributed by atoms with E-state index in [1.54, 1.807) is 6.42 Å². The molecule has 0 radical (unpaired) electrons. The first-order chi connectivity index (χ1) is 7.90. The zero-order valence-corrected chi connectivity index (χ0v) is 10.8.